The molecule has 0 atom stereocenters. The normalized spacial score (nSPS) is 11.0. The summed E-state index contributed by atoms with van der Waals surface area (Å²) in [5, 5.41) is 8.43. The highest BCUT2D eigenvalue weighted by Crippen LogP contribution is 2.29. The maximum absolute atomic E-state index is 13.5. The van der Waals surface area contributed by atoms with Crippen LogP contribution in [0.5, 0.6) is 0 Å². The van der Waals surface area contributed by atoms with Crippen LogP contribution in [-0.2, 0) is 6.54 Å². The maximum Gasteiger partial charge on any atom is 0.253 e. The molecule has 1 amide bonds. The van der Waals surface area contributed by atoms with Crippen molar-refractivity contribution in [2.75, 3.05) is 7.05 Å². The molecule has 28 heavy (non-hydrogen) atoms. The molecule has 1 N–H and O–H groups in total. The van der Waals surface area contributed by atoms with Crippen LogP contribution in [0.2, 0.25) is 5.02 Å². The van der Waals surface area contributed by atoms with Crippen molar-refractivity contribution in [2.24, 2.45) is 0 Å². The molecule has 0 fully saturated rings. The Kier molecular flexibility index (Phi) is 4.84. The molecule has 1 aromatic heterocycles. The fraction of sp³-hybridized carbons (Fsp3) is 0.0909. The lowest BCUT2D eigenvalue weighted by molar-refractivity contribution is 0.0785. The number of carbonyl (C=O) groups excluding carboxylic acids is 1. The Morgan fingerprint density at radius 2 is 1.96 bits per heavy atom. The standard InChI is InChI=1S/C22H17ClFN3O/c1-27(13-17-6-2-5-16-12-25-26-21(16)17)22(28)15-8-9-19(20(23)11-15)14-4-3-7-18(24)10-14/h2-12H,13H2,1H3,(H,25,26). The first-order chi connectivity index (χ1) is 13.5. The molecule has 0 radical (unpaired) electrons. The molecule has 0 spiro atoms. The van der Waals surface area contributed by atoms with Gasteiger partial charge in [-0.15, -0.1) is 0 Å². The average molecular weight is 394 g/mol. The molecule has 4 aromatic rings. The summed E-state index contributed by atoms with van der Waals surface area (Å²) in [4.78, 5) is 14.5. The summed E-state index contributed by atoms with van der Waals surface area (Å²) in [7, 11) is 1.74. The number of aromatic nitrogens is 2. The van der Waals surface area contributed by atoms with Gasteiger partial charge in [0.1, 0.15) is 5.82 Å². The zero-order valence-electron chi connectivity index (χ0n) is 15.1. The van der Waals surface area contributed by atoms with Crippen LogP contribution in [0.15, 0.2) is 66.9 Å². The van der Waals surface area contributed by atoms with Gasteiger partial charge in [-0.3, -0.25) is 9.89 Å². The predicted molar refractivity (Wildman–Crippen MR) is 109 cm³/mol. The van der Waals surface area contributed by atoms with E-state index in [1.54, 1.807) is 48.5 Å². The summed E-state index contributed by atoms with van der Waals surface area (Å²) in [6.07, 6.45) is 1.76. The van der Waals surface area contributed by atoms with Gasteiger partial charge in [0.25, 0.3) is 5.91 Å². The molecule has 0 saturated heterocycles. The first kappa shape index (κ1) is 18.2. The molecule has 0 aliphatic rings. The molecule has 3 aromatic carbocycles. The number of halogens is 2. The van der Waals surface area contributed by atoms with Gasteiger partial charge in [-0.25, -0.2) is 4.39 Å². The van der Waals surface area contributed by atoms with Crippen molar-refractivity contribution in [3.05, 3.63) is 88.8 Å². The van der Waals surface area contributed by atoms with Crippen molar-refractivity contribution in [3.8, 4) is 11.1 Å². The Morgan fingerprint density at radius 1 is 1.14 bits per heavy atom. The number of nitrogens with zero attached hydrogens (tertiary/aromatic N) is 2. The van der Waals surface area contributed by atoms with E-state index in [9.17, 15) is 9.18 Å². The highest BCUT2D eigenvalue weighted by atomic mass is 35.5. The number of fused-ring (bicyclic) bond motifs is 1. The Bertz CT molecular complexity index is 1170. The SMILES string of the molecule is CN(Cc1cccc2cn[nH]c12)C(=O)c1ccc(-c2cccc(F)c2)c(Cl)c1. The average Bonchev–Trinajstić information content (AvgIpc) is 3.17. The topological polar surface area (TPSA) is 49.0 Å². The Morgan fingerprint density at radius 3 is 2.75 bits per heavy atom. The molecular weight excluding hydrogens is 377 g/mol. The van der Waals surface area contributed by atoms with Gasteiger partial charge < -0.3 is 4.90 Å². The van der Waals surface area contributed by atoms with Gasteiger partial charge in [0.05, 0.1) is 11.7 Å². The smallest absolute Gasteiger partial charge is 0.253 e. The summed E-state index contributed by atoms with van der Waals surface area (Å²) >= 11 is 6.38. The van der Waals surface area contributed by atoms with E-state index < -0.39 is 0 Å². The minimum Gasteiger partial charge on any atom is -0.337 e. The van der Waals surface area contributed by atoms with E-state index in [2.05, 4.69) is 10.2 Å². The molecule has 1 heterocycles. The quantitative estimate of drug-likeness (QED) is 0.511. The molecule has 4 rings (SSSR count). The Labute approximate surface area is 166 Å². The van der Waals surface area contributed by atoms with Crippen molar-refractivity contribution in [1.29, 1.82) is 0 Å². The van der Waals surface area contributed by atoms with Crippen molar-refractivity contribution >= 4 is 28.4 Å². The monoisotopic (exact) mass is 393 g/mol. The summed E-state index contributed by atoms with van der Waals surface area (Å²) < 4.78 is 13.5. The predicted octanol–water partition coefficient (Wildman–Crippen LogP) is 5.29. The third kappa shape index (κ3) is 3.49. The van der Waals surface area contributed by atoms with Gasteiger partial charge in [0.15, 0.2) is 0 Å². The lowest BCUT2D eigenvalue weighted by atomic mass is 10.0. The van der Waals surface area contributed by atoms with Gasteiger partial charge in [-0.05, 0) is 35.4 Å². The number of benzene rings is 3. The number of amides is 1. The number of para-hydroxylation sites is 1. The van der Waals surface area contributed by atoms with Gasteiger partial charge in [0.2, 0.25) is 0 Å². The highest BCUT2D eigenvalue weighted by molar-refractivity contribution is 6.33. The van der Waals surface area contributed by atoms with Crippen molar-refractivity contribution < 1.29 is 9.18 Å². The second kappa shape index (κ2) is 7.44. The molecule has 0 aliphatic carbocycles. The molecule has 0 bridgehead atoms. The second-order valence-electron chi connectivity index (χ2n) is 6.62. The number of hydrogen-bond donors (Lipinski definition) is 1. The largest absolute Gasteiger partial charge is 0.337 e. The van der Waals surface area contributed by atoms with Crippen molar-refractivity contribution in [3.63, 3.8) is 0 Å². The fourth-order valence-electron chi connectivity index (χ4n) is 3.25. The van der Waals surface area contributed by atoms with Crippen LogP contribution in [0.4, 0.5) is 4.39 Å². The molecular formula is C22H17ClFN3O. The maximum atomic E-state index is 13.5. The van der Waals surface area contributed by atoms with Crippen molar-refractivity contribution in [2.45, 2.75) is 6.54 Å². The molecule has 0 saturated carbocycles. The minimum absolute atomic E-state index is 0.149. The second-order valence-corrected chi connectivity index (χ2v) is 7.02. The van der Waals surface area contributed by atoms with Crippen LogP contribution >= 0.6 is 11.6 Å². The summed E-state index contributed by atoms with van der Waals surface area (Å²) in [5.74, 6) is -0.481. The summed E-state index contributed by atoms with van der Waals surface area (Å²) in [5.41, 5.74) is 3.73. The van der Waals surface area contributed by atoms with Crippen LogP contribution in [0.3, 0.4) is 0 Å². The first-order valence-corrected chi connectivity index (χ1v) is 9.12. The number of rotatable bonds is 4. The van der Waals surface area contributed by atoms with Crippen LogP contribution < -0.4 is 0 Å². The third-order valence-electron chi connectivity index (χ3n) is 4.67. The van der Waals surface area contributed by atoms with Crippen LogP contribution in [-0.4, -0.2) is 28.1 Å². The van der Waals surface area contributed by atoms with Crippen molar-refractivity contribution in [1.82, 2.24) is 15.1 Å². The van der Waals surface area contributed by atoms with E-state index in [4.69, 9.17) is 11.6 Å². The summed E-state index contributed by atoms with van der Waals surface area (Å²) in [6.45, 7) is 0.432. The number of hydrogen-bond acceptors (Lipinski definition) is 2. The highest BCUT2D eigenvalue weighted by Gasteiger charge is 2.16. The van der Waals surface area contributed by atoms with E-state index in [0.29, 0.717) is 28.3 Å². The van der Waals surface area contributed by atoms with Crippen LogP contribution in [0, 0.1) is 5.82 Å². The van der Waals surface area contributed by atoms with E-state index >= 15 is 0 Å². The van der Waals surface area contributed by atoms with Crippen LogP contribution in [0.1, 0.15) is 15.9 Å². The van der Waals surface area contributed by atoms with E-state index in [0.717, 1.165) is 16.5 Å². The summed E-state index contributed by atoms with van der Waals surface area (Å²) in [6, 6.07) is 17.2. The van der Waals surface area contributed by atoms with Gasteiger partial charge in [-0.1, -0.05) is 48.0 Å². The fourth-order valence-corrected chi connectivity index (χ4v) is 3.54. The van der Waals surface area contributed by atoms with E-state index in [-0.39, 0.29) is 11.7 Å². The van der Waals surface area contributed by atoms with Gasteiger partial charge in [0, 0.05) is 35.1 Å². The van der Waals surface area contributed by atoms with Crippen LogP contribution in [0.25, 0.3) is 22.0 Å². The number of H-pyrrole nitrogens is 1. The number of carbonyl (C=O) groups is 1. The third-order valence-corrected chi connectivity index (χ3v) is 4.98. The number of nitrogens with one attached hydrogen (secondary N) is 1. The van der Waals surface area contributed by atoms with Gasteiger partial charge >= 0.3 is 0 Å². The first-order valence-electron chi connectivity index (χ1n) is 8.75. The molecule has 4 nitrogen and oxygen atoms in total. The molecule has 6 heteroatoms. The zero-order valence-corrected chi connectivity index (χ0v) is 15.9. The molecule has 0 aliphatic heterocycles. The minimum atomic E-state index is -0.332. The Hall–Kier alpha value is -3.18. The zero-order chi connectivity index (χ0) is 19.7. The lowest BCUT2D eigenvalue weighted by Crippen LogP contribution is -2.26. The lowest BCUT2D eigenvalue weighted by Gasteiger charge is -2.18. The van der Waals surface area contributed by atoms with E-state index in [1.807, 2.05) is 18.2 Å². The van der Waals surface area contributed by atoms with E-state index in [1.165, 1.54) is 12.1 Å². The van der Waals surface area contributed by atoms with Gasteiger partial charge in [-0.2, -0.15) is 5.10 Å². The molecule has 140 valence electrons. The number of aromatic amines is 1. The Balaban J connectivity index is 1.57. The molecule has 0 unspecified atom stereocenters.